The molecule has 166 valence electrons. The van der Waals surface area contributed by atoms with E-state index in [4.69, 9.17) is 14.7 Å². The molecular formula is C22H36N6O2. The van der Waals surface area contributed by atoms with Crippen molar-refractivity contribution >= 4 is 17.7 Å². The van der Waals surface area contributed by atoms with Crippen LogP contribution >= 0.6 is 0 Å². The van der Waals surface area contributed by atoms with Crippen LogP contribution in [0.2, 0.25) is 0 Å². The fourth-order valence-electron chi connectivity index (χ4n) is 5.00. The third-order valence-corrected chi connectivity index (χ3v) is 6.86. The molecule has 0 saturated carbocycles. The van der Waals surface area contributed by atoms with Gasteiger partial charge in [-0.2, -0.15) is 4.98 Å². The van der Waals surface area contributed by atoms with E-state index in [2.05, 4.69) is 5.32 Å². The van der Waals surface area contributed by atoms with Crippen LogP contribution < -0.4 is 10.2 Å². The Morgan fingerprint density at radius 2 is 1.97 bits per heavy atom. The summed E-state index contributed by atoms with van der Waals surface area (Å²) < 4.78 is 5.53. The Labute approximate surface area is 180 Å². The first-order valence-electron chi connectivity index (χ1n) is 11.2. The third-order valence-electron chi connectivity index (χ3n) is 6.86. The van der Waals surface area contributed by atoms with Crippen LogP contribution in [0.25, 0.3) is 0 Å². The number of ether oxygens (including phenoxy) is 1. The minimum absolute atomic E-state index is 0.0742. The van der Waals surface area contributed by atoms with E-state index in [-0.39, 0.29) is 11.3 Å². The van der Waals surface area contributed by atoms with Crippen molar-refractivity contribution in [3.05, 3.63) is 11.3 Å². The highest BCUT2D eigenvalue weighted by atomic mass is 16.5. The number of amides is 1. The van der Waals surface area contributed by atoms with E-state index in [1.807, 2.05) is 42.9 Å². The summed E-state index contributed by atoms with van der Waals surface area (Å²) in [5.41, 5.74) is 2.57. The molecule has 2 fully saturated rings. The normalized spacial score (nSPS) is 22.6. The van der Waals surface area contributed by atoms with Crippen molar-refractivity contribution in [2.24, 2.45) is 5.92 Å². The van der Waals surface area contributed by atoms with Crippen molar-refractivity contribution in [2.75, 3.05) is 77.8 Å². The molecule has 8 heteroatoms. The number of likely N-dealkylation sites (N-methyl/N-ethyl adjacent to an activating group) is 1. The number of aromatic nitrogens is 2. The van der Waals surface area contributed by atoms with Gasteiger partial charge in [-0.25, -0.2) is 4.98 Å². The summed E-state index contributed by atoms with van der Waals surface area (Å²) in [6, 6.07) is 0. The Balaban J connectivity index is 1.53. The minimum Gasteiger partial charge on any atom is -0.381 e. The molecule has 0 aromatic carbocycles. The fourth-order valence-corrected chi connectivity index (χ4v) is 5.00. The van der Waals surface area contributed by atoms with Crippen LogP contribution in [0.15, 0.2) is 0 Å². The van der Waals surface area contributed by atoms with Crippen molar-refractivity contribution in [1.82, 2.24) is 19.8 Å². The highest BCUT2D eigenvalue weighted by Gasteiger charge is 2.45. The van der Waals surface area contributed by atoms with Crippen LogP contribution in [0.1, 0.15) is 36.9 Å². The Bertz CT molecular complexity index is 767. The molecule has 30 heavy (non-hydrogen) atoms. The monoisotopic (exact) mass is 416 g/mol. The van der Waals surface area contributed by atoms with Gasteiger partial charge in [0.25, 0.3) is 0 Å². The van der Waals surface area contributed by atoms with Gasteiger partial charge in [0, 0.05) is 57.2 Å². The number of piperidine rings is 1. The molecule has 1 atom stereocenters. The molecule has 8 nitrogen and oxygen atoms in total. The number of carbonyl (C=O) groups is 1. The molecule has 1 aromatic heterocycles. The third kappa shape index (κ3) is 4.25. The second-order valence-electron chi connectivity index (χ2n) is 9.60. The van der Waals surface area contributed by atoms with E-state index < -0.39 is 0 Å². The smallest absolute Gasteiger partial charge is 0.236 e. The second kappa shape index (κ2) is 8.67. The summed E-state index contributed by atoms with van der Waals surface area (Å²) in [4.78, 5) is 28.3. The summed E-state index contributed by atoms with van der Waals surface area (Å²) >= 11 is 0. The van der Waals surface area contributed by atoms with Gasteiger partial charge in [-0.15, -0.1) is 0 Å². The molecule has 0 radical (unpaired) electrons. The van der Waals surface area contributed by atoms with Gasteiger partial charge >= 0.3 is 0 Å². The first kappa shape index (κ1) is 21.3. The average Bonchev–Trinajstić information content (AvgIpc) is 3.35. The Kier molecular flexibility index (Phi) is 6.16. The lowest BCUT2D eigenvalue weighted by molar-refractivity contribution is -0.133. The van der Waals surface area contributed by atoms with E-state index in [0.717, 1.165) is 76.7 Å². The topological polar surface area (TPSA) is 73.8 Å². The number of hydrogen-bond donors (Lipinski definition) is 1. The molecule has 3 heterocycles. The predicted molar refractivity (Wildman–Crippen MR) is 118 cm³/mol. The molecule has 3 aliphatic rings. The molecule has 0 bridgehead atoms. The SMILES string of the molecule is CN(C)CC(=O)N1CCC2(CCc3c(NCC4CCOC4)nc(N(C)C)nc32)CC1. The van der Waals surface area contributed by atoms with Crippen molar-refractivity contribution in [3.63, 3.8) is 0 Å². The Morgan fingerprint density at radius 1 is 1.20 bits per heavy atom. The van der Waals surface area contributed by atoms with Gasteiger partial charge in [0.2, 0.25) is 11.9 Å². The lowest BCUT2D eigenvalue weighted by Crippen LogP contribution is -2.47. The van der Waals surface area contributed by atoms with Crippen molar-refractivity contribution < 1.29 is 9.53 Å². The van der Waals surface area contributed by atoms with Gasteiger partial charge in [0.15, 0.2) is 0 Å². The van der Waals surface area contributed by atoms with Gasteiger partial charge in [-0.05, 0) is 46.2 Å². The molecule has 1 amide bonds. The van der Waals surface area contributed by atoms with Crippen LogP contribution in [0.4, 0.5) is 11.8 Å². The summed E-state index contributed by atoms with van der Waals surface area (Å²) in [7, 11) is 7.89. The quantitative estimate of drug-likeness (QED) is 0.751. The molecule has 1 N–H and O–H groups in total. The minimum atomic E-state index is 0.0742. The van der Waals surface area contributed by atoms with Crippen molar-refractivity contribution in [2.45, 2.75) is 37.5 Å². The number of nitrogens with zero attached hydrogens (tertiary/aromatic N) is 5. The maximum atomic E-state index is 12.5. The van der Waals surface area contributed by atoms with Crippen molar-refractivity contribution in [3.8, 4) is 0 Å². The maximum absolute atomic E-state index is 12.5. The summed E-state index contributed by atoms with van der Waals surface area (Å²) in [5, 5.41) is 3.62. The molecule has 4 rings (SSSR count). The van der Waals surface area contributed by atoms with Gasteiger partial charge < -0.3 is 24.8 Å². The Hall–Kier alpha value is -1.93. The molecular weight excluding hydrogens is 380 g/mol. The number of carbonyl (C=O) groups excluding carboxylic acids is 1. The maximum Gasteiger partial charge on any atom is 0.236 e. The van der Waals surface area contributed by atoms with E-state index in [9.17, 15) is 4.79 Å². The highest BCUT2D eigenvalue weighted by molar-refractivity contribution is 5.78. The average molecular weight is 417 g/mol. The first-order valence-corrected chi connectivity index (χ1v) is 11.2. The van der Waals surface area contributed by atoms with Crippen LogP contribution in [0, 0.1) is 5.92 Å². The lowest BCUT2D eigenvalue weighted by atomic mass is 9.76. The zero-order chi connectivity index (χ0) is 21.3. The van der Waals surface area contributed by atoms with Crippen LogP contribution in [0.5, 0.6) is 0 Å². The number of fused-ring (bicyclic) bond motifs is 2. The lowest BCUT2D eigenvalue weighted by Gasteiger charge is -2.40. The first-order chi connectivity index (χ1) is 14.4. The van der Waals surface area contributed by atoms with Gasteiger partial charge in [0.05, 0.1) is 18.8 Å². The largest absolute Gasteiger partial charge is 0.381 e. The molecule has 1 aromatic rings. The van der Waals surface area contributed by atoms with E-state index in [1.54, 1.807) is 0 Å². The van der Waals surface area contributed by atoms with Gasteiger partial charge in [-0.1, -0.05) is 0 Å². The summed E-state index contributed by atoms with van der Waals surface area (Å²) in [5.74, 6) is 2.55. The van der Waals surface area contributed by atoms with Gasteiger partial charge in [-0.3, -0.25) is 4.79 Å². The second-order valence-corrected chi connectivity index (χ2v) is 9.60. The fraction of sp³-hybridized carbons (Fsp3) is 0.773. The molecule has 1 aliphatic carbocycles. The number of likely N-dealkylation sites (tertiary alicyclic amines) is 1. The van der Waals surface area contributed by atoms with E-state index in [0.29, 0.717) is 12.5 Å². The standard InChI is InChI=1S/C22H36N6O2/c1-26(2)14-18(29)28-10-8-22(9-11-28)7-5-17-19(22)24-21(27(3)4)25-20(17)23-13-16-6-12-30-15-16/h16H,5-15H2,1-4H3,(H,23,24,25). The van der Waals surface area contributed by atoms with Crippen LogP contribution in [0.3, 0.4) is 0 Å². The number of nitrogens with one attached hydrogen (secondary N) is 1. The number of anilines is 2. The summed E-state index contributed by atoms with van der Waals surface area (Å²) in [6.45, 7) is 4.71. The molecule has 1 unspecified atom stereocenters. The van der Waals surface area contributed by atoms with Crippen LogP contribution in [-0.2, 0) is 21.4 Å². The summed E-state index contributed by atoms with van der Waals surface area (Å²) in [6.07, 6.45) is 5.20. The van der Waals surface area contributed by atoms with Crippen LogP contribution in [-0.4, -0.2) is 93.3 Å². The van der Waals surface area contributed by atoms with Gasteiger partial charge in [0.1, 0.15) is 5.82 Å². The Morgan fingerprint density at radius 3 is 2.60 bits per heavy atom. The molecule has 2 saturated heterocycles. The zero-order valence-corrected chi connectivity index (χ0v) is 18.9. The predicted octanol–water partition coefficient (Wildman–Crippen LogP) is 1.36. The number of rotatable bonds is 6. The van der Waals surface area contributed by atoms with Crippen molar-refractivity contribution in [1.29, 1.82) is 0 Å². The number of hydrogen-bond acceptors (Lipinski definition) is 7. The van der Waals surface area contributed by atoms with E-state index >= 15 is 0 Å². The molecule has 1 spiro atoms. The molecule has 2 aliphatic heterocycles. The van der Waals surface area contributed by atoms with E-state index in [1.165, 1.54) is 11.3 Å². The highest BCUT2D eigenvalue weighted by Crippen LogP contribution is 2.47. The zero-order valence-electron chi connectivity index (χ0n) is 18.9.